The van der Waals surface area contributed by atoms with Crippen LogP contribution in [0.1, 0.15) is 95.8 Å². The molecule has 2 aromatic rings. The lowest BCUT2D eigenvalue weighted by Crippen LogP contribution is -2.52. The van der Waals surface area contributed by atoms with Crippen LogP contribution in [0.5, 0.6) is 0 Å². The molecule has 4 amide bonds. The van der Waals surface area contributed by atoms with Crippen LogP contribution in [0.2, 0.25) is 0 Å². The number of ether oxygens (including phenoxy) is 2. The highest BCUT2D eigenvalue weighted by molar-refractivity contribution is 6.04. The molecule has 4 N–H and O–H groups in total. The van der Waals surface area contributed by atoms with E-state index in [4.69, 9.17) is 9.47 Å². The fourth-order valence-corrected chi connectivity index (χ4v) is 5.84. The first kappa shape index (κ1) is 42.9. The minimum atomic E-state index is -0.708. The van der Waals surface area contributed by atoms with Crippen molar-refractivity contribution in [2.45, 2.75) is 122 Å². The van der Waals surface area contributed by atoms with Gasteiger partial charge >= 0.3 is 6.09 Å². The molecular formula is C39H59N5O7. The molecule has 1 aliphatic heterocycles. The van der Waals surface area contributed by atoms with Gasteiger partial charge in [0.05, 0.1) is 30.1 Å². The average molecular weight is 710 g/mol. The zero-order chi connectivity index (χ0) is 38.0. The number of aldehydes is 1. The standard InChI is InChI=1S/C38H54N4O7.CH5N/c1-27(31(14-11-23-43)39-37(47)49-38(2,3)4)48-25-30-17-15-28(16-18-30)12-9-7-8-10-13-29-19-20-32(34(24-29)41(5)6)42(26-44)33-21-22-35(45)40-36(33)46;1-2/h15-20,23-24,26-27,31,33H,7-14,21-22,25H2,1-6H3,(H,39,47)(H,40,45,46);2H2,1H3/t27-,31?,33?;/m1./s1. The molecule has 0 aliphatic carbocycles. The highest BCUT2D eigenvalue weighted by Crippen LogP contribution is 2.32. The number of piperidine rings is 1. The lowest BCUT2D eigenvalue weighted by molar-refractivity contribution is -0.134. The summed E-state index contributed by atoms with van der Waals surface area (Å²) >= 11 is 0. The maximum absolute atomic E-state index is 12.4. The zero-order valence-corrected chi connectivity index (χ0v) is 31.5. The normalized spacial score (nSPS) is 15.4. The number of rotatable bonds is 19. The number of nitrogens with two attached hydrogens (primary N) is 1. The fourth-order valence-electron chi connectivity index (χ4n) is 5.84. The number of aryl methyl sites for hydroxylation is 2. The number of benzene rings is 2. The third kappa shape index (κ3) is 14.8. The van der Waals surface area contributed by atoms with Gasteiger partial charge in [0.15, 0.2) is 0 Å². The molecule has 1 fully saturated rings. The Hall–Kier alpha value is -4.29. The third-order valence-electron chi connectivity index (χ3n) is 8.54. The largest absolute Gasteiger partial charge is 0.444 e. The summed E-state index contributed by atoms with van der Waals surface area (Å²) in [5, 5.41) is 5.19. The Kier molecular flexibility index (Phi) is 18.3. The van der Waals surface area contributed by atoms with E-state index in [9.17, 15) is 24.0 Å². The predicted octanol–water partition coefficient (Wildman–Crippen LogP) is 5.22. The van der Waals surface area contributed by atoms with Crippen LogP contribution in [0.3, 0.4) is 0 Å². The van der Waals surface area contributed by atoms with Crippen LogP contribution in [0, 0.1) is 0 Å². The first-order valence-electron chi connectivity index (χ1n) is 17.9. The number of anilines is 2. The summed E-state index contributed by atoms with van der Waals surface area (Å²) in [5.41, 5.74) is 8.88. The van der Waals surface area contributed by atoms with Crippen LogP contribution < -0.4 is 26.2 Å². The number of carbonyl (C=O) groups excluding carboxylic acids is 5. The van der Waals surface area contributed by atoms with Crippen molar-refractivity contribution in [2.75, 3.05) is 30.9 Å². The smallest absolute Gasteiger partial charge is 0.407 e. The molecule has 12 heteroatoms. The van der Waals surface area contributed by atoms with Crippen LogP contribution in [0.25, 0.3) is 0 Å². The minimum absolute atomic E-state index is 0.207. The van der Waals surface area contributed by atoms with Gasteiger partial charge in [-0.25, -0.2) is 4.79 Å². The molecule has 0 radical (unpaired) electrons. The van der Waals surface area contributed by atoms with E-state index in [0.717, 1.165) is 56.1 Å². The van der Waals surface area contributed by atoms with E-state index < -0.39 is 23.6 Å². The SMILES string of the molecule is CN.C[C@@H](OCc1ccc(CCCCCCc2ccc(N(C=O)C3CCC(=O)NC3=O)c(N(C)C)c2)cc1)C(CCC=O)NC(=O)OC(C)(C)C. The molecular weight excluding hydrogens is 650 g/mol. The van der Waals surface area contributed by atoms with Gasteiger partial charge in [-0.05, 0) is 102 Å². The van der Waals surface area contributed by atoms with Crippen molar-refractivity contribution < 1.29 is 33.4 Å². The van der Waals surface area contributed by atoms with E-state index in [-0.39, 0.29) is 24.5 Å². The van der Waals surface area contributed by atoms with Crippen molar-refractivity contribution in [3.8, 4) is 0 Å². The van der Waals surface area contributed by atoms with E-state index in [0.29, 0.717) is 38.0 Å². The van der Waals surface area contributed by atoms with Crippen molar-refractivity contribution in [2.24, 2.45) is 5.73 Å². The maximum Gasteiger partial charge on any atom is 0.407 e. The van der Waals surface area contributed by atoms with Crippen LogP contribution in [0.4, 0.5) is 16.2 Å². The molecule has 51 heavy (non-hydrogen) atoms. The molecule has 12 nitrogen and oxygen atoms in total. The Morgan fingerprint density at radius 2 is 1.57 bits per heavy atom. The first-order valence-corrected chi connectivity index (χ1v) is 17.9. The lowest BCUT2D eigenvalue weighted by atomic mass is 10.0. The number of imide groups is 1. The summed E-state index contributed by atoms with van der Waals surface area (Å²) in [6.07, 6.45) is 8.24. The number of alkyl carbamates (subject to hydrolysis) is 1. The molecule has 1 aliphatic rings. The predicted molar refractivity (Wildman–Crippen MR) is 201 cm³/mol. The molecule has 0 bridgehead atoms. The Morgan fingerprint density at radius 1 is 0.961 bits per heavy atom. The molecule has 1 saturated heterocycles. The van der Waals surface area contributed by atoms with Gasteiger partial charge in [-0.15, -0.1) is 0 Å². The second-order valence-corrected chi connectivity index (χ2v) is 13.9. The van der Waals surface area contributed by atoms with Gasteiger partial charge in [0.25, 0.3) is 0 Å². The quantitative estimate of drug-likeness (QED) is 0.101. The second kappa shape index (κ2) is 21.8. The second-order valence-electron chi connectivity index (χ2n) is 13.9. The summed E-state index contributed by atoms with van der Waals surface area (Å²) in [4.78, 5) is 62.7. The lowest BCUT2D eigenvalue weighted by Gasteiger charge is -2.32. The van der Waals surface area contributed by atoms with Gasteiger partial charge in [0, 0.05) is 26.9 Å². The van der Waals surface area contributed by atoms with Gasteiger partial charge in [-0.2, -0.15) is 0 Å². The molecule has 2 aromatic carbocycles. The van der Waals surface area contributed by atoms with Crippen molar-refractivity contribution in [1.29, 1.82) is 0 Å². The number of unbranched alkanes of at least 4 members (excludes halogenated alkanes) is 3. The van der Waals surface area contributed by atoms with Gasteiger partial charge in [-0.1, -0.05) is 43.2 Å². The first-order chi connectivity index (χ1) is 24.3. The van der Waals surface area contributed by atoms with Gasteiger partial charge in [-0.3, -0.25) is 19.7 Å². The van der Waals surface area contributed by atoms with Crippen molar-refractivity contribution in [3.05, 3.63) is 59.2 Å². The molecule has 2 unspecified atom stereocenters. The topological polar surface area (TPSA) is 160 Å². The van der Waals surface area contributed by atoms with Crippen LogP contribution in [-0.4, -0.2) is 75.5 Å². The number of hydrogen-bond donors (Lipinski definition) is 3. The summed E-state index contributed by atoms with van der Waals surface area (Å²) < 4.78 is 11.4. The molecule has 0 aromatic heterocycles. The molecule has 0 spiro atoms. The fraction of sp³-hybridized carbons (Fsp3) is 0.564. The average Bonchev–Trinajstić information content (AvgIpc) is 3.09. The molecule has 1 heterocycles. The Bertz CT molecular complexity index is 1410. The van der Waals surface area contributed by atoms with Crippen LogP contribution >= 0.6 is 0 Å². The monoisotopic (exact) mass is 709 g/mol. The minimum Gasteiger partial charge on any atom is -0.444 e. The molecule has 0 saturated carbocycles. The van der Waals surface area contributed by atoms with E-state index >= 15 is 0 Å². The maximum atomic E-state index is 12.4. The van der Waals surface area contributed by atoms with Crippen molar-refractivity contribution in [1.82, 2.24) is 10.6 Å². The van der Waals surface area contributed by atoms with E-state index in [1.165, 1.54) is 23.1 Å². The summed E-state index contributed by atoms with van der Waals surface area (Å²) in [5.74, 6) is -0.755. The van der Waals surface area contributed by atoms with Gasteiger partial charge in [0.1, 0.15) is 17.9 Å². The molecule has 3 atom stereocenters. The van der Waals surface area contributed by atoms with Gasteiger partial charge in [0.2, 0.25) is 18.2 Å². The Labute approximate surface area is 303 Å². The Morgan fingerprint density at radius 3 is 2.14 bits per heavy atom. The third-order valence-corrected chi connectivity index (χ3v) is 8.54. The van der Waals surface area contributed by atoms with E-state index in [1.54, 1.807) is 20.8 Å². The highest BCUT2D eigenvalue weighted by Gasteiger charge is 2.33. The summed E-state index contributed by atoms with van der Waals surface area (Å²) in [7, 11) is 5.33. The summed E-state index contributed by atoms with van der Waals surface area (Å²) in [6, 6.07) is 13.3. The molecule has 3 rings (SSSR count). The number of carbonyl (C=O) groups is 5. The highest BCUT2D eigenvalue weighted by atomic mass is 16.6. The number of amides is 4. The number of nitrogens with one attached hydrogen (secondary N) is 2. The Balaban J connectivity index is 0.00000442. The number of nitrogens with zero attached hydrogens (tertiary/aromatic N) is 2. The van der Waals surface area contributed by atoms with Crippen LogP contribution in [-0.2, 0) is 48.1 Å². The zero-order valence-electron chi connectivity index (χ0n) is 31.5. The number of hydrogen-bond acceptors (Lipinski definition) is 9. The summed E-state index contributed by atoms with van der Waals surface area (Å²) in [6.45, 7) is 7.71. The van der Waals surface area contributed by atoms with Gasteiger partial charge < -0.3 is 35.1 Å². The van der Waals surface area contributed by atoms with Crippen molar-refractivity contribution >= 4 is 42.0 Å². The van der Waals surface area contributed by atoms with E-state index in [2.05, 4.69) is 46.7 Å². The van der Waals surface area contributed by atoms with E-state index in [1.807, 2.05) is 38.1 Å². The van der Waals surface area contributed by atoms with Crippen molar-refractivity contribution in [3.63, 3.8) is 0 Å². The molecule has 282 valence electrons. The van der Waals surface area contributed by atoms with Crippen LogP contribution in [0.15, 0.2) is 42.5 Å².